The maximum absolute atomic E-state index is 12.2. The van der Waals surface area contributed by atoms with Gasteiger partial charge in [-0.2, -0.15) is 0 Å². The highest BCUT2D eigenvalue weighted by atomic mass is 79.9. The molecule has 6 heteroatoms. The summed E-state index contributed by atoms with van der Waals surface area (Å²) in [5.41, 5.74) is 0.828. The van der Waals surface area contributed by atoms with E-state index in [0.717, 1.165) is 15.8 Å². The van der Waals surface area contributed by atoms with Crippen LogP contribution in [0.2, 0.25) is 0 Å². The van der Waals surface area contributed by atoms with Crippen LogP contribution in [-0.2, 0) is 11.3 Å². The largest absolute Gasteiger partial charge is 0.462 e. The second kappa shape index (κ2) is 5.98. The van der Waals surface area contributed by atoms with E-state index in [1.165, 1.54) is 0 Å². The van der Waals surface area contributed by atoms with Gasteiger partial charge < -0.3 is 19.7 Å². The van der Waals surface area contributed by atoms with E-state index in [1.54, 1.807) is 0 Å². The molecule has 2 heterocycles. The molecular weight excluding hydrogens is 360 g/mol. The van der Waals surface area contributed by atoms with Gasteiger partial charge in [0.1, 0.15) is 5.75 Å². The van der Waals surface area contributed by atoms with Gasteiger partial charge in [0.15, 0.2) is 0 Å². The van der Waals surface area contributed by atoms with Gasteiger partial charge in [-0.05, 0) is 39.0 Å². The Bertz CT molecular complexity index is 604. The van der Waals surface area contributed by atoms with Crippen molar-refractivity contribution in [1.82, 2.24) is 10.2 Å². The molecule has 0 atom stereocenters. The number of carbonyl (C=O) groups excluding carboxylic acids is 1. The Hall–Kier alpha value is -1.27. The van der Waals surface area contributed by atoms with Crippen molar-refractivity contribution in [2.75, 3.05) is 13.1 Å². The lowest BCUT2D eigenvalue weighted by Crippen LogP contribution is -2.56. The van der Waals surface area contributed by atoms with Crippen molar-refractivity contribution >= 4 is 22.0 Å². The molecule has 1 aromatic carbocycles. The SMILES string of the molecule is CC(C)(C)NC(=O)N1CCC2(CC1)OCc1cc(Br)ccc1O2. The summed E-state index contributed by atoms with van der Waals surface area (Å²) in [7, 11) is 0. The average molecular weight is 383 g/mol. The van der Waals surface area contributed by atoms with E-state index >= 15 is 0 Å². The first kappa shape index (κ1) is 16.6. The van der Waals surface area contributed by atoms with Crippen molar-refractivity contribution < 1.29 is 14.3 Å². The smallest absolute Gasteiger partial charge is 0.317 e. The van der Waals surface area contributed by atoms with Crippen LogP contribution < -0.4 is 10.1 Å². The number of nitrogens with one attached hydrogen (secondary N) is 1. The number of nitrogens with zero attached hydrogens (tertiary/aromatic N) is 1. The van der Waals surface area contributed by atoms with Gasteiger partial charge in [-0.1, -0.05) is 15.9 Å². The number of benzene rings is 1. The summed E-state index contributed by atoms with van der Waals surface area (Å²) in [4.78, 5) is 14.1. The van der Waals surface area contributed by atoms with E-state index in [9.17, 15) is 4.79 Å². The van der Waals surface area contributed by atoms with E-state index < -0.39 is 5.79 Å². The minimum Gasteiger partial charge on any atom is -0.462 e. The normalized spacial score (nSPS) is 19.9. The third-order valence-electron chi connectivity index (χ3n) is 4.10. The zero-order valence-electron chi connectivity index (χ0n) is 13.8. The van der Waals surface area contributed by atoms with E-state index in [0.29, 0.717) is 32.5 Å². The molecule has 0 unspecified atom stereocenters. The molecule has 1 spiro atoms. The molecular formula is C17H23BrN2O3. The summed E-state index contributed by atoms with van der Waals surface area (Å²) in [6, 6.07) is 5.95. The molecule has 5 nitrogen and oxygen atoms in total. The number of hydrogen-bond acceptors (Lipinski definition) is 3. The van der Waals surface area contributed by atoms with Gasteiger partial charge in [0.25, 0.3) is 0 Å². The number of carbonyl (C=O) groups is 1. The molecule has 1 N–H and O–H groups in total. The van der Waals surface area contributed by atoms with Crippen molar-refractivity contribution in [3.05, 3.63) is 28.2 Å². The van der Waals surface area contributed by atoms with Gasteiger partial charge in [0.05, 0.1) is 6.61 Å². The molecule has 0 aromatic heterocycles. The maximum atomic E-state index is 12.2. The standard InChI is InChI=1S/C17H23BrN2O3/c1-16(2,3)19-15(21)20-8-6-17(7-9-20)22-11-12-10-13(18)4-5-14(12)23-17/h4-5,10H,6-9,11H2,1-3H3,(H,19,21). The first-order valence-electron chi connectivity index (χ1n) is 7.95. The van der Waals surface area contributed by atoms with Crippen molar-refractivity contribution in [3.8, 4) is 5.75 Å². The predicted molar refractivity (Wildman–Crippen MR) is 91.4 cm³/mol. The molecule has 0 aliphatic carbocycles. The Morgan fingerprint density at radius 2 is 2.00 bits per heavy atom. The van der Waals surface area contributed by atoms with E-state index in [-0.39, 0.29) is 11.6 Å². The van der Waals surface area contributed by atoms with Gasteiger partial charge in [-0.25, -0.2) is 4.79 Å². The zero-order chi connectivity index (χ0) is 16.7. The fraction of sp³-hybridized carbons (Fsp3) is 0.588. The van der Waals surface area contributed by atoms with Gasteiger partial charge in [-0.15, -0.1) is 0 Å². The topological polar surface area (TPSA) is 50.8 Å². The van der Waals surface area contributed by atoms with Gasteiger partial charge in [-0.3, -0.25) is 0 Å². The third-order valence-corrected chi connectivity index (χ3v) is 4.60. The first-order chi connectivity index (χ1) is 10.8. The molecule has 126 valence electrons. The van der Waals surface area contributed by atoms with E-state index in [2.05, 4.69) is 21.2 Å². The lowest BCUT2D eigenvalue weighted by atomic mass is 10.0. The summed E-state index contributed by atoms with van der Waals surface area (Å²) < 4.78 is 13.2. The van der Waals surface area contributed by atoms with Crippen molar-refractivity contribution in [3.63, 3.8) is 0 Å². The van der Waals surface area contributed by atoms with Crippen LogP contribution in [0.15, 0.2) is 22.7 Å². The Morgan fingerprint density at radius 1 is 1.30 bits per heavy atom. The number of amides is 2. The second-order valence-electron chi connectivity index (χ2n) is 7.22. The summed E-state index contributed by atoms with van der Waals surface area (Å²) in [5.74, 6) is 0.284. The number of likely N-dealkylation sites (tertiary alicyclic amines) is 1. The van der Waals surface area contributed by atoms with Crippen LogP contribution in [0.3, 0.4) is 0 Å². The second-order valence-corrected chi connectivity index (χ2v) is 8.14. The molecule has 0 radical (unpaired) electrons. The van der Waals surface area contributed by atoms with Gasteiger partial charge in [0, 0.05) is 41.5 Å². The highest BCUT2D eigenvalue weighted by Gasteiger charge is 2.42. The number of rotatable bonds is 0. The monoisotopic (exact) mass is 382 g/mol. The van der Waals surface area contributed by atoms with Crippen LogP contribution >= 0.6 is 15.9 Å². The Balaban J connectivity index is 1.63. The molecule has 1 fully saturated rings. The van der Waals surface area contributed by atoms with Crippen molar-refractivity contribution in [2.45, 2.75) is 51.5 Å². The van der Waals surface area contributed by atoms with Crippen LogP contribution in [0.1, 0.15) is 39.2 Å². The van der Waals surface area contributed by atoms with Crippen LogP contribution in [0, 0.1) is 0 Å². The minimum absolute atomic E-state index is 0.0208. The molecule has 0 bridgehead atoms. The summed E-state index contributed by atoms with van der Waals surface area (Å²) in [5, 5.41) is 3.00. The van der Waals surface area contributed by atoms with Crippen LogP contribution in [0.25, 0.3) is 0 Å². The highest BCUT2D eigenvalue weighted by Crippen LogP contribution is 2.38. The molecule has 1 aromatic rings. The summed E-state index contributed by atoms with van der Waals surface area (Å²) in [6.45, 7) is 7.76. The van der Waals surface area contributed by atoms with Crippen LogP contribution in [-0.4, -0.2) is 35.3 Å². The van der Waals surface area contributed by atoms with Gasteiger partial charge in [0.2, 0.25) is 5.79 Å². The van der Waals surface area contributed by atoms with Crippen molar-refractivity contribution in [1.29, 1.82) is 0 Å². The Labute approximate surface area is 145 Å². The molecule has 3 rings (SSSR count). The maximum Gasteiger partial charge on any atom is 0.317 e. The molecule has 2 aliphatic heterocycles. The fourth-order valence-corrected chi connectivity index (χ4v) is 3.30. The molecule has 2 amide bonds. The van der Waals surface area contributed by atoms with Crippen molar-refractivity contribution in [2.24, 2.45) is 0 Å². The molecule has 0 saturated carbocycles. The number of piperidine rings is 1. The quantitative estimate of drug-likeness (QED) is 0.744. The number of fused-ring (bicyclic) bond motifs is 1. The van der Waals surface area contributed by atoms with E-state index in [4.69, 9.17) is 9.47 Å². The number of ether oxygens (including phenoxy) is 2. The number of halogens is 1. The van der Waals surface area contributed by atoms with Crippen LogP contribution in [0.4, 0.5) is 4.79 Å². The Kier molecular flexibility index (Phi) is 4.31. The highest BCUT2D eigenvalue weighted by molar-refractivity contribution is 9.10. The first-order valence-corrected chi connectivity index (χ1v) is 8.74. The number of urea groups is 1. The Morgan fingerprint density at radius 3 is 2.65 bits per heavy atom. The average Bonchev–Trinajstić information content (AvgIpc) is 2.47. The molecule has 23 heavy (non-hydrogen) atoms. The van der Waals surface area contributed by atoms with E-state index in [1.807, 2.05) is 43.9 Å². The third kappa shape index (κ3) is 3.80. The zero-order valence-corrected chi connectivity index (χ0v) is 15.4. The lowest BCUT2D eigenvalue weighted by Gasteiger charge is -2.44. The lowest BCUT2D eigenvalue weighted by molar-refractivity contribution is -0.225. The minimum atomic E-state index is -0.598. The van der Waals surface area contributed by atoms with Gasteiger partial charge >= 0.3 is 6.03 Å². The molecule has 1 saturated heterocycles. The summed E-state index contributed by atoms with van der Waals surface area (Å²) >= 11 is 3.46. The fourth-order valence-electron chi connectivity index (χ4n) is 2.90. The molecule has 2 aliphatic rings. The van der Waals surface area contributed by atoms with Crippen LogP contribution in [0.5, 0.6) is 5.75 Å². The summed E-state index contributed by atoms with van der Waals surface area (Å²) in [6.07, 6.45) is 1.36. The predicted octanol–water partition coefficient (Wildman–Crippen LogP) is 3.66. The number of hydrogen-bond donors (Lipinski definition) is 1.